The molecule has 1 saturated carbocycles. The quantitative estimate of drug-likeness (QED) is 0.612. The van der Waals surface area contributed by atoms with Gasteiger partial charge in [0, 0.05) is 25.8 Å². The maximum Gasteiger partial charge on any atom is 0.417 e. The molecule has 5 heteroatoms. The molecule has 30 heavy (non-hydrogen) atoms. The normalized spacial score (nSPS) is 19.5. The van der Waals surface area contributed by atoms with Gasteiger partial charge >= 0.3 is 5.76 Å². The van der Waals surface area contributed by atoms with E-state index in [1.807, 2.05) is 12.1 Å². The Labute approximate surface area is 178 Å². The molecule has 0 unspecified atom stereocenters. The number of rotatable bonds is 7. The molecule has 0 bridgehead atoms. The predicted octanol–water partition coefficient (Wildman–Crippen LogP) is 4.78. The van der Waals surface area contributed by atoms with E-state index >= 15 is 0 Å². The van der Waals surface area contributed by atoms with E-state index in [-0.39, 0.29) is 5.76 Å². The first kappa shape index (κ1) is 20.7. The van der Waals surface area contributed by atoms with Gasteiger partial charge in [-0.05, 0) is 93.4 Å². The van der Waals surface area contributed by atoms with Crippen LogP contribution in [0.2, 0.25) is 0 Å². The van der Waals surface area contributed by atoms with Crippen molar-refractivity contribution >= 4 is 16.8 Å². The Morgan fingerprint density at radius 2 is 1.73 bits per heavy atom. The van der Waals surface area contributed by atoms with Crippen LogP contribution in [0.4, 0.5) is 5.69 Å². The zero-order chi connectivity index (χ0) is 21.1. The van der Waals surface area contributed by atoms with Crippen LogP contribution in [-0.4, -0.2) is 43.6 Å². The summed E-state index contributed by atoms with van der Waals surface area (Å²) in [4.78, 5) is 18.8. The number of aromatic nitrogens is 1. The van der Waals surface area contributed by atoms with Crippen molar-refractivity contribution in [1.29, 1.82) is 0 Å². The highest BCUT2D eigenvalue weighted by atomic mass is 16.4. The van der Waals surface area contributed by atoms with Crippen LogP contribution in [0.1, 0.15) is 49.1 Å². The molecule has 160 valence electrons. The molecule has 1 aliphatic rings. The minimum Gasteiger partial charge on any atom is -0.408 e. The van der Waals surface area contributed by atoms with Crippen LogP contribution in [-0.2, 0) is 6.42 Å². The molecule has 0 saturated heterocycles. The molecular formula is C25H33N3O2. The molecule has 2 aromatic carbocycles. The van der Waals surface area contributed by atoms with Gasteiger partial charge in [-0.1, -0.05) is 18.2 Å². The molecule has 1 aliphatic carbocycles. The number of aryl methyl sites for hydroxylation is 1. The van der Waals surface area contributed by atoms with Gasteiger partial charge in [0.15, 0.2) is 5.58 Å². The summed E-state index contributed by atoms with van der Waals surface area (Å²) in [6.07, 6.45) is 7.18. The Kier molecular flexibility index (Phi) is 6.28. The first-order valence-corrected chi connectivity index (χ1v) is 11.1. The molecule has 0 atom stereocenters. The summed E-state index contributed by atoms with van der Waals surface area (Å²) in [6, 6.07) is 15.7. The van der Waals surface area contributed by atoms with Gasteiger partial charge in [-0.2, -0.15) is 0 Å². The molecule has 0 amide bonds. The number of fused-ring (bicyclic) bond motifs is 1. The molecule has 1 heterocycles. The summed E-state index contributed by atoms with van der Waals surface area (Å²) >= 11 is 0. The topological polar surface area (TPSA) is 52.5 Å². The lowest BCUT2D eigenvalue weighted by molar-refractivity contribution is 0.181. The third-order valence-electron chi connectivity index (χ3n) is 6.67. The number of aromatic amines is 1. The standard InChI is InChI=1S/C25H33N3O2/c1-27(2)21-11-6-18(7-12-21)5-4-16-28(3)22-13-8-19(9-14-22)20-10-15-23-24(17-20)30-25(29)26-23/h6-7,10-12,15,17,19,22H,4-5,8-9,13-14,16H2,1-3H3,(H,26,29). The van der Waals surface area contributed by atoms with E-state index in [0.717, 1.165) is 18.5 Å². The number of H-pyrrole nitrogens is 1. The SMILES string of the molecule is CN(C)c1ccc(CCCN(C)C2CCC(c3ccc4[nH]c(=O)oc4c3)CC2)cc1. The smallest absolute Gasteiger partial charge is 0.408 e. The van der Waals surface area contributed by atoms with Gasteiger partial charge in [0.2, 0.25) is 0 Å². The summed E-state index contributed by atoms with van der Waals surface area (Å²) in [5.74, 6) is 0.190. The van der Waals surface area contributed by atoms with Gasteiger partial charge in [-0.15, -0.1) is 0 Å². The Hall–Kier alpha value is -2.53. The van der Waals surface area contributed by atoms with Gasteiger partial charge in [0.25, 0.3) is 0 Å². The fourth-order valence-corrected chi connectivity index (χ4v) is 4.74. The predicted molar refractivity (Wildman–Crippen MR) is 124 cm³/mol. The van der Waals surface area contributed by atoms with Gasteiger partial charge in [0.1, 0.15) is 0 Å². The third-order valence-corrected chi connectivity index (χ3v) is 6.67. The number of hydrogen-bond acceptors (Lipinski definition) is 4. The Balaban J connectivity index is 1.24. The summed E-state index contributed by atoms with van der Waals surface area (Å²) in [5.41, 5.74) is 5.44. The van der Waals surface area contributed by atoms with Gasteiger partial charge in [-0.3, -0.25) is 4.98 Å². The zero-order valence-electron chi connectivity index (χ0n) is 18.4. The van der Waals surface area contributed by atoms with E-state index < -0.39 is 0 Å². The largest absolute Gasteiger partial charge is 0.417 e. The summed E-state index contributed by atoms with van der Waals surface area (Å²) < 4.78 is 5.24. The van der Waals surface area contributed by atoms with E-state index in [1.54, 1.807) is 0 Å². The number of nitrogens with zero attached hydrogens (tertiary/aromatic N) is 2. The molecule has 1 aromatic heterocycles. The van der Waals surface area contributed by atoms with Crippen molar-refractivity contribution in [2.24, 2.45) is 0 Å². The van der Waals surface area contributed by atoms with Crippen LogP contribution in [0.3, 0.4) is 0 Å². The first-order chi connectivity index (χ1) is 14.5. The number of hydrogen-bond donors (Lipinski definition) is 1. The van der Waals surface area contributed by atoms with Crippen LogP contribution in [0.15, 0.2) is 51.7 Å². The maximum atomic E-state index is 11.4. The first-order valence-electron chi connectivity index (χ1n) is 11.1. The van der Waals surface area contributed by atoms with Crippen molar-refractivity contribution in [3.05, 3.63) is 64.1 Å². The molecular weight excluding hydrogens is 374 g/mol. The fourth-order valence-electron chi connectivity index (χ4n) is 4.74. The average Bonchev–Trinajstić information content (AvgIpc) is 3.13. The van der Waals surface area contributed by atoms with E-state index in [4.69, 9.17) is 4.42 Å². The Morgan fingerprint density at radius 1 is 1.00 bits per heavy atom. The van der Waals surface area contributed by atoms with Gasteiger partial charge in [-0.25, -0.2) is 4.79 Å². The lowest BCUT2D eigenvalue weighted by Crippen LogP contribution is -2.35. The van der Waals surface area contributed by atoms with Crippen molar-refractivity contribution < 1.29 is 4.42 Å². The lowest BCUT2D eigenvalue weighted by Gasteiger charge is -2.35. The minimum absolute atomic E-state index is 0.374. The molecule has 0 radical (unpaired) electrons. The lowest BCUT2D eigenvalue weighted by atomic mass is 9.81. The number of benzene rings is 2. The summed E-state index contributed by atoms with van der Waals surface area (Å²) in [5, 5.41) is 0. The third kappa shape index (κ3) is 4.78. The van der Waals surface area contributed by atoms with Crippen molar-refractivity contribution in [3.8, 4) is 0 Å². The average molecular weight is 408 g/mol. The Morgan fingerprint density at radius 3 is 2.43 bits per heavy atom. The van der Waals surface area contributed by atoms with E-state index in [9.17, 15) is 4.79 Å². The molecule has 1 N–H and O–H groups in total. The van der Waals surface area contributed by atoms with Crippen molar-refractivity contribution in [3.63, 3.8) is 0 Å². The van der Waals surface area contributed by atoms with Crippen molar-refractivity contribution in [1.82, 2.24) is 9.88 Å². The summed E-state index contributed by atoms with van der Waals surface area (Å²) in [7, 11) is 6.44. The second-order valence-corrected chi connectivity index (χ2v) is 8.92. The minimum atomic E-state index is -0.374. The monoisotopic (exact) mass is 407 g/mol. The zero-order valence-corrected chi connectivity index (χ0v) is 18.4. The number of anilines is 1. The van der Waals surface area contributed by atoms with Crippen molar-refractivity contribution in [2.75, 3.05) is 32.6 Å². The highest BCUT2D eigenvalue weighted by Gasteiger charge is 2.25. The van der Waals surface area contributed by atoms with Crippen LogP contribution < -0.4 is 10.7 Å². The Bertz CT molecular complexity index is 1010. The van der Waals surface area contributed by atoms with Crippen LogP contribution in [0.5, 0.6) is 0 Å². The second kappa shape index (κ2) is 9.09. The molecule has 4 rings (SSSR count). The maximum absolute atomic E-state index is 11.4. The summed E-state index contributed by atoms with van der Waals surface area (Å²) in [6.45, 7) is 1.14. The van der Waals surface area contributed by atoms with Crippen LogP contribution in [0.25, 0.3) is 11.1 Å². The van der Waals surface area contributed by atoms with Gasteiger partial charge < -0.3 is 14.2 Å². The molecule has 0 aliphatic heterocycles. The molecule has 3 aromatic rings. The van der Waals surface area contributed by atoms with E-state index in [0.29, 0.717) is 17.5 Å². The number of nitrogens with one attached hydrogen (secondary N) is 1. The van der Waals surface area contributed by atoms with Gasteiger partial charge in [0.05, 0.1) is 5.52 Å². The molecule has 1 fully saturated rings. The number of oxazole rings is 1. The molecule has 0 spiro atoms. The fraction of sp³-hybridized carbons (Fsp3) is 0.480. The van der Waals surface area contributed by atoms with Crippen LogP contribution in [0, 0.1) is 0 Å². The highest BCUT2D eigenvalue weighted by molar-refractivity contribution is 5.72. The van der Waals surface area contributed by atoms with E-state index in [2.05, 4.69) is 66.3 Å². The van der Waals surface area contributed by atoms with Crippen LogP contribution >= 0.6 is 0 Å². The van der Waals surface area contributed by atoms with E-state index in [1.165, 1.54) is 48.9 Å². The second-order valence-electron chi connectivity index (χ2n) is 8.92. The molecule has 5 nitrogen and oxygen atoms in total. The van der Waals surface area contributed by atoms with Crippen molar-refractivity contribution in [2.45, 2.75) is 50.5 Å². The highest BCUT2D eigenvalue weighted by Crippen LogP contribution is 2.35.